The van der Waals surface area contributed by atoms with Crippen molar-refractivity contribution < 1.29 is 42.5 Å². The standard InChI is InChI=1S/C60H78N10O9/c1-37-50(46-9-6-7-17-61-46)51(37)56(71)64-53-55(68-23-28-76-29-24-68)57-63-48(35-78-57)39-11-14-49-43(31-39)45(33-60(3,4)36-79-59(73)47-10-8-18-70(65-47)58(53)72)54(69(49)25-30-77-42-15-26-75-27-16-42)44-32-41(34-62-52(44)38(2)74-5)67-21-19-66(20-22-67)40-12-13-40/h6-7,9,11,14,17,31-32,34-35,37-38,40,42,47,50-51,53,55,65H,8,10,12-13,15-16,18-30,33,36H2,1-5H3,(H,64,71)/t37-,38-,47-,50-,51+,53-,55-/m0/s1. The maximum Gasteiger partial charge on any atom is 0.324 e. The number of rotatable bonds is 13. The summed E-state index contributed by atoms with van der Waals surface area (Å²) in [7, 11) is 1.73. The summed E-state index contributed by atoms with van der Waals surface area (Å²) in [5.41, 5.74) is 10.9. The summed E-state index contributed by atoms with van der Waals surface area (Å²) < 4.78 is 39.7. The lowest BCUT2D eigenvalue weighted by atomic mass is 9.84. The molecular weight excluding hydrogens is 1000 g/mol. The second-order valence-electron chi connectivity index (χ2n) is 23.7. The number of aromatic nitrogens is 4. The van der Waals surface area contributed by atoms with Crippen LogP contribution in [-0.2, 0) is 51.0 Å². The molecule has 79 heavy (non-hydrogen) atoms. The van der Waals surface area contributed by atoms with Crippen molar-refractivity contribution in [2.24, 2.45) is 17.3 Å². The second kappa shape index (κ2) is 23.0. The number of benzene rings is 1. The largest absolute Gasteiger partial charge is 0.464 e. The summed E-state index contributed by atoms with van der Waals surface area (Å²) in [6.45, 7) is 16.9. The van der Waals surface area contributed by atoms with Crippen molar-refractivity contribution >= 4 is 34.4 Å². The number of esters is 1. The summed E-state index contributed by atoms with van der Waals surface area (Å²) in [6.07, 6.45) is 11.0. The van der Waals surface area contributed by atoms with E-state index in [1.54, 1.807) is 19.6 Å². The third-order valence-electron chi connectivity index (χ3n) is 17.7. The summed E-state index contributed by atoms with van der Waals surface area (Å²) >= 11 is 0. The number of morpholine rings is 1. The van der Waals surface area contributed by atoms with E-state index in [1.807, 2.05) is 31.3 Å². The van der Waals surface area contributed by atoms with Gasteiger partial charge in [0.1, 0.15) is 30.1 Å². The number of anilines is 1. The van der Waals surface area contributed by atoms with Crippen LogP contribution in [0.2, 0.25) is 0 Å². The Morgan fingerprint density at radius 2 is 1.72 bits per heavy atom. The number of hydrogen-bond donors (Lipinski definition) is 2. The smallest absolute Gasteiger partial charge is 0.324 e. The predicted molar refractivity (Wildman–Crippen MR) is 296 cm³/mol. The Balaban J connectivity index is 0.992. The van der Waals surface area contributed by atoms with Gasteiger partial charge < -0.3 is 42.9 Å². The Bertz CT molecular complexity index is 2980. The fourth-order valence-corrected chi connectivity index (χ4v) is 13.0. The number of pyridine rings is 2. The molecule has 1 aromatic carbocycles. The number of cyclic esters (lactones) is 1. The van der Waals surface area contributed by atoms with E-state index in [-0.39, 0.29) is 36.6 Å². The molecule has 6 bridgehead atoms. The van der Waals surface area contributed by atoms with Crippen molar-refractivity contribution in [3.63, 3.8) is 0 Å². The molecule has 4 saturated heterocycles. The van der Waals surface area contributed by atoms with Crippen LogP contribution in [0.15, 0.2) is 65.5 Å². The van der Waals surface area contributed by atoms with Gasteiger partial charge in [0.2, 0.25) is 11.8 Å². The number of methoxy groups -OCH3 is 1. The average Bonchev–Trinajstić information content (AvgIpc) is 4.53. The normalized spacial score (nSPS) is 26.9. The number of carbonyl (C=O) groups excluding carboxylic acids is 3. The molecule has 7 aliphatic rings. The monoisotopic (exact) mass is 1080 g/mol. The number of hydrogen-bond acceptors (Lipinski definition) is 16. The number of piperazine rings is 1. The molecule has 0 unspecified atom stereocenters. The highest BCUT2D eigenvalue weighted by Crippen LogP contribution is 2.53. The number of nitrogens with zero attached hydrogens (tertiary/aromatic N) is 8. The van der Waals surface area contributed by atoms with Gasteiger partial charge >= 0.3 is 5.97 Å². The molecule has 12 rings (SSSR count). The Labute approximate surface area is 463 Å². The Kier molecular flexibility index (Phi) is 15.7. The van der Waals surface area contributed by atoms with Gasteiger partial charge in [0.25, 0.3) is 5.91 Å². The molecule has 4 aromatic heterocycles. The third kappa shape index (κ3) is 11.3. The number of oxazole rings is 1. The van der Waals surface area contributed by atoms with Crippen molar-refractivity contribution in [3.05, 3.63) is 84.0 Å². The van der Waals surface area contributed by atoms with Gasteiger partial charge in [0, 0.05) is 130 Å². The van der Waals surface area contributed by atoms with Crippen LogP contribution in [0.25, 0.3) is 33.4 Å². The van der Waals surface area contributed by atoms with Gasteiger partial charge in [-0.3, -0.25) is 39.2 Å². The number of hydrazine groups is 1. The van der Waals surface area contributed by atoms with Gasteiger partial charge in [-0.05, 0) is 93.7 Å². The molecule has 5 aromatic rings. The van der Waals surface area contributed by atoms with Crippen molar-refractivity contribution in [3.8, 4) is 22.5 Å². The summed E-state index contributed by atoms with van der Waals surface area (Å²) in [5.74, 6) is -1.28. The van der Waals surface area contributed by atoms with Crippen molar-refractivity contribution in [2.75, 3.05) is 97.5 Å². The number of carbonyl (C=O) groups is 3. The van der Waals surface area contributed by atoms with Crippen molar-refractivity contribution in [2.45, 2.75) is 121 Å². The average molecular weight is 1080 g/mol. The number of fused-ring (bicyclic) bond motifs is 6. The fraction of sp³-hybridized carbons (Fsp3) is 0.600. The molecule has 0 spiro atoms. The molecule has 2 saturated carbocycles. The maximum absolute atomic E-state index is 15.4. The number of ether oxygens (including phenoxy) is 5. The molecular formula is C60H78N10O9. The van der Waals surface area contributed by atoms with Gasteiger partial charge in [-0.2, -0.15) is 0 Å². The number of nitrogens with one attached hydrogen (secondary N) is 2. The van der Waals surface area contributed by atoms with Gasteiger partial charge in [-0.25, -0.2) is 10.4 Å². The summed E-state index contributed by atoms with van der Waals surface area (Å²) in [5, 5.41) is 5.76. The van der Waals surface area contributed by atoms with Crippen molar-refractivity contribution in [1.29, 1.82) is 0 Å². The highest BCUT2D eigenvalue weighted by molar-refractivity contribution is 5.96. The lowest BCUT2D eigenvalue weighted by molar-refractivity contribution is -0.156. The first-order valence-corrected chi connectivity index (χ1v) is 29.0. The van der Waals surface area contributed by atoms with E-state index in [1.165, 1.54) is 17.9 Å². The zero-order valence-corrected chi connectivity index (χ0v) is 46.6. The van der Waals surface area contributed by atoms with Gasteiger partial charge in [0.05, 0.1) is 61.9 Å². The topological polar surface area (TPSA) is 191 Å². The predicted octanol–water partition coefficient (Wildman–Crippen LogP) is 6.47. The van der Waals surface area contributed by atoms with E-state index in [0.717, 1.165) is 89.4 Å². The van der Waals surface area contributed by atoms with E-state index < -0.39 is 41.3 Å². The lowest BCUT2D eigenvalue weighted by Crippen LogP contribution is -2.63. The molecule has 19 nitrogen and oxygen atoms in total. The van der Waals surface area contributed by atoms with E-state index in [2.05, 4.69) is 80.0 Å². The van der Waals surface area contributed by atoms with Crippen LogP contribution in [0.4, 0.5) is 5.69 Å². The molecule has 2 aliphatic carbocycles. The van der Waals surface area contributed by atoms with Crippen LogP contribution in [0.5, 0.6) is 0 Å². The molecule has 7 atom stereocenters. The molecule has 19 heteroatoms. The van der Waals surface area contributed by atoms with E-state index in [9.17, 15) is 9.59 Å². The zero-order chi connectivity index (χ0) is 54.4. The summed E-state index contributed by atoms with van der Waals surface area (Å²) in [6, 6.07) is 12.4. The second-order valence-corrected chi connectivity index (χ2v) is 23.7. The first-order chi connectivity index (χ1) is 38.4. The SMILES string of the molecule is CO[C@@H](C)c1ncc(N2CCN(C3CC3)CC2)cc1-c1c2c3cc(ccc3n1CCOC1CCOCC1)-c1coc(n1)[C@@H](N1CCOCC1)[C@H](NC(=O)[C@@H]1[C@@H](C)[C@H]1c1ccccn1)C(=O)N1CCC[C@H](N1)C(=O)OCC(C)(C)C2. The van der Waals surface area contributed by atoms with Crippen LogP contribution in [0.1, 0.15) is 107 Å². The van der Waals surface area contributed by atoms with Gasteiger partial charge in [0.15, 0.2) is 0 Å². The molecule has 2 N–H and O–H groups in total. The Morgan fingerprint density at radius 1 is 0.924 bits per heavy atom. The molecule has 422 valence electrons. The first-order valence-electron chi connectivity index (χ1n) is 29.0. The minimum Gasteiger partial charge on any atom is -0.464 e. The van der Waals surface area contributed by atoms with Crippen molar-refractivity contribution in [1.82, 2.24) is 45.1 Å². The maximum atomic E-state index is 15.4. The Hall–Kier alpha value is -5.80. The van der Waals surface area contributed by atoms with E-state index in [0.29, 0.717) is 96.1 Å². The molecule has 0 radical (unpaired) electrons. The van der Waals surface area contributed by atoms with Crippen LogP contribution >= 0.6 is 0 Å². The molecule has 2 amide bonds. The molecule has 6 fully saturated rings. The molecule has 5 aliphatic heterocycles. The fourth-order valence-electron chi connectivity index (χ4n) is 13.0. The first kappa shape index (κ1) is 53.8. The summed E-state index contributed by atoms with van der Waals surface area (Å²) in [4.78, 5) is 66.9. The Morgan fingerprint density at radius 3 is 2.48 bits per heavy atom. The zero-order valence-electron chi connectivity index (χ0n) is 46.6. The van der Waals surface area contributed by atoms with E-state index in [4.69, 9.17) is 38.1 Å². The van der Waals surface area contributed by atoms with Crippen LogP contribution in [0, 0.1) is 17.3 Å². The number of amides is 2. The van der Waals surface area contributed by atoms with E-state index >= 15 is 4.79 Å². The lowest BCUT2D eigenvalue weighted by Gasteiger charge is -2.40. The minimum atomic E-state index is -1.15. The van der Waals surface area contributed by atoms with Gasteiger partial charge in [-0.15, -0.1) is 0 Å². The van der Waals surface area contributed by atoms with Crippen LogP contribution < -0.4 is 15.6 Å². The van der Waals surface area contributed by atoms with Crippen LogP contribution in [0.3, 0.4) is 0 Å². The highest BCUT2D eigenvalue weighted by atomic mass is 16.5. The highest BCUT2D eigenvalue weighted by Gasteiger charge is 2.55. The molecule has 9 heterocycles. The quantitative estimate of drug-likeness (QED) is 0.122. The van der Waals surface area contributed by atoms with Crippen LogP contribution in [-0.4, -0.2) is 169 Å². The van der Waals surface area contributed by atoms with Gasteiger partial charge in [-0.1, -0.05) is 32.9 Å². The minimum absolute atomic E-state index is 0.00791. The third-order valence-corrected chi connectivity index (χ3v) is 17.7.